The molecular formula is C29H29N3O3. The van der Waals surface area contributed by atoms with Crippen molar-refractivity contribution in [3.05, 3.63) is 102 Å². The van der Waals surface area contributed by atoms with Gasteiger partial charge in [0.1, 0.15) is 0 Å². The largest absolute Gasteiger partial charge is 0.338 e. The molecule has 0 spiro atoms. The first-order valence-electron chi connectivity index (χ1n) is 12.2. The van der Waals surface area contributed by atoms with Crippen LogP contribution in [-0.2, 0) is 21.7 Å². The molecular weight excluding hydrogens is 438 g/mol. The number of carbonyl (C=O) groups excluding carboxylic acids is 3. The minimum Gasteiger partial charge on any atom is -0.288 e. The third-order valence-electron chi connectivity index (χ3n) is 7.02. The molecule has 3 aromatic carbocycles. The number of imide groups is 2. The summed E-state index contributed by atoms with van der Waals surface area (Å²) in [5.74, 6) is -1.07. The molecule has 6 heteroatoms. The number of hydrogen-bond donors (Lipinski definition) is 1. The molecule has 2 fully saturated rings. The fraction of sp³-hybridized carbons (Fsp3) is 0.276. The SMILES string of the molecule is O=C1N(c2ccccc2)C(=O)C(NCc2ccccc2)(c2ccccc2)C(=O)N1C1CCCCC1. The molecule has 1 saturated heterocycles. The van der Waals surface area contributed by atoms with Gasteiger partial charge in [-0.3, -0.25) is 19.8 Å². The van der Waals surface area contributed by atoms with Crippen molar-refractivity contribution >= 4 is 23.5 Å². The Bertz CT molecular complexity index is 1190. The number of anilines is 1. The van der Waals surface area contributed by atoms with Gasteiger partial charge in [-0.05, 0) is 36.1 Å². The zero-order chi connectivity index (χ0) is 24.3. The predicted molar refractivity (Wildman–Crippen MR) is 134 cm³/mol. The number of barbiturate groups is 1. The Kier molecular flexibility index (Phi) is 6.47. The summed E-state index contributed by atoms with van der Waals surface area (Å²) in [5, 5.41) is 3.32. The number of para-hydroxylation sites is 1. The van der Waals surface area contributed by atoms with E-state index in [0.29, 0.717) is 17.8 Å². The number of benzene rings is 3. The average Bonchev–Trinajstić information content (AvgIpc) is 2.91. The van der Waals surface area contributed by atoms with Crippen LogP contribution < -0.4 is 10.2 Å². The van der Waals surface area contributed by atoms with Gasteiger partial charge in [-0.2, -0.15) is 0 Å². The van der Waals surface area contributed by atoms with Crippen LogP contribution in [0, 0.1) is 0 Å². The minimum atomic E-state index is -1.72. The number of urea groups is 1. The summed E-state index contributed by atoms with van der Waals surface area (Å²) in [4.78, 5) is 45.0. The quantitative estimate of drug-likeness (QED) is 0.518. The van der Waals surface area contributed by atoms with E-state index in [4.69, 9.17) is 0 Å². The molecule has 1 unspecified atom stereocenters. The topological polar surface area (TPSA) is 69.7 Å². The van der Waals surface area contributed by atoms with Crippen LogP contribution in [0.3, 0.4) is 0 Å². The van der Waals surface area contributed by atoms with Crippen LogP contribution >= 0.6 is 0 Å². The highest BCUT2D eigenvalue weighted by molar-refractivity contribution is 6.32. The molecule has 1 heterocycles. The minimum absolute atomic E-state index is 0.232. The number of rotatable bonds is 6. The molecule has 178 valence electrons. The Labute approximate surface area is 205 Å². The number of carbonyl (C=O) groups is 3. The molecule has 0 bridgehead atoms. The number of amides is 4. The molecule has 1 saturated carbocycles. The highest BCUT2D eigenvalue weighted by atomic mass is 16.2. The van der Waals surface area contributed by atoms with Crippen molar-refractivity contribution in [1.82, 2.24) is 10.2 Å². The third-order valence-corrected chi connectivity index (χ3v) is 7.02. The molecule has 4 amide bonds. The van der Waals surface area contributed by atoms with Gasteiger partial charge in [0.05, 0.1) is 5.69 Å². The monoisotopic (exact) mass is 467 g/mol. The predicted octanol–water partition coefficient (Wildman–Crippen LogP) is 5.00. The second kappa shape index (κ2) is 9.84. The number of nitrogens with one attached hydrogen (secondary N) is 1. The first kappa shape index (κ1) is 23.0. The summed E-state index contributed by atoms with van der Waals surface area (Å²) >= 11 is 0. The van der Waals surface area contributed by atoms with E-state index in [1.165, 1.54) is 9.80 Å². The van der Waals surface area contributed by atoms with E-state index in [-0.39, 0.29) is 6.04 Å². The van der Waals surface area contributed by atoms with E-state index in [2.05, 4.69) is 5.32 Å². The highest BCUT2D eigenvalue weighted by Crippen LogP contribution is 2.37. The van der Waals surface area contributed by atoms with E-state index in [9.17, 15) is 14.4 Å². The molecule has 1 atom stereocenters. The van der Waals surface area contributed by atoms with Gasteiger partial charge in [-0.25, -0.2) is 9.69 Å². The van der Waals surface area contributed by atoms with Crippen LogP contribution in [0.5, 0.6) is 0 Å². The Morgan fingerprint density at radius 1 is 0.714 bits per heavy atom. The van der Waals surface area contributed by atoms with Gasteiger partial charge in [-0.1, -0.05) is 98.1 Å². The molecule has 0 aromatic heterocycles. The molecule has 6 nitrogen and oxygen atoms in total. The van der Waals surface area contributed by atoms with Crippen LogP contribution in [0.2, 0.25) is 0 Å². The lowest BCUT2D eigenvalue weighted by atomic mass is 9.82. The smallest absolute Gasteiger partial charge is 0.288 e. The Morgan fingerprint density at radius 3 is 1.91 bits per heavy atom. The van der Waals surface area contributed by atoms with Crippen LogP contribution in [0.15, 0.2) is 91.0 Å². The molecule has 1 N–H and O–H groups in total. The van der Waals surface area contributed by atoms with Crippen molar-refractivity contribution in [2.24, 2.45) is 0 Å². The normalized spacial score (nSPS) is 21.4. The lowest BCUT2D eigenvalue weighted by Gasteiger charge is -2.47. The molecule has 35 heavy (non-hydrogen) atoms. The summed E-state index contributed by atoms with van der Waals surface area (Å²) in [6.07, 6.45) is 4.49. The van der Waals surface area contributed by atoms with Crippen molar-refractivity contribution in [3.63, 3.8) is 0 Å². The van der Waals surface area contributed by atoms with Crippen molar-refractivity contribution < 1.29 is 14.4 Å². The Balaban J connectivity index is 1.66. The van der Waals surface area contributed by atoms with Crippen molar-refractivity contribution in [3.8, 4) is 0 Å². The zero-order valence-corrected chi connectivity index (χ0v) is 19.6. The summed E-state index contributed by atoms with van der Waals surface area (Å²) in [6.45, 7) is 0.294. The molecule has 1 aliphatic heterocycles. The summed E-state index contributed by atoms with van der Waals surface area (Å²) < 4.78 is 0. The Morgan fingerprint density at radius 2 is 1.29 bits per heavy atom. The van der Waals surface area contributed by atoms with Gasteiger partial charge >= 0.3 is 6.03 Å². The van der Waals surface area contributed by atoms with E-state index >= 15 is 0 Å². The second-order valence-electron chi connectivity index (χ2n) is 9.18. The van der Waals surface area contributed by atoms with Gasteiger partial charge in [0.2, 0.25) is 5.54 Å². The molecule has 5 rings (SSSR count). The maximum Gasteiger partial charge on any atom is 0.338 e. The van der Waals surface area contributed by atoms with Crippen LogP contribution in [0.1, 0.15) is 43.2 Å². The van der Waals surface area contributed by atoms with Crippen LogP contribution in [-0.4, -0.2) is 28.8 Å². The third kappa shape index (κ3) is 4.15. The molecule has 1 aliphatic carbocycles. The first-order chi connectivity index (χ1) is 17.1. The molecule has 0 radical (unpaired) electrons. The van der Waals surface area contributed by atoms with E-state index in [1.807, 2.05) is 54.6 Å². The lowest BCUT2D eigenvalue weighted by molar-refractivity contribution is -0.147. The van der Waals surface area contributed by atoms with Gasteiger partial charge in [-0.15, -0.1) is 0 Å². The molecule has 3 aromatic rings. The van der Waals surface area contributed by atoms with E-state index < -0.39 is 23.4 Å². The van der Waals surface area contributed by atoms with Crippen LogP contribution in [0.25, 0.3) is 0 Å². The van der Waals surface area contributed by atoms with Crippen molar-refractivity contribution in [2.75, 3.05) is 4.90 Å². The Hall–Kier alpha value is -3.77. The summed E-state index contributed by atoms with van der Waals surface area (Å²) in [6, 6.07) is 26.8. The van der Waals surface area contributed by atoms with E-state index in [0.717, 1.165) is 37.7 Å². The van der Waals surface area contributed by atoms with Gasteiger partial charge in [0, 0.05) is 12.6 Å². The van der Waals surface area contributed by atoms with E-state index in [1.54, 1.807) is 36.4 Å². The lowest BCUT2D eigenvalue weighted by Crippen LogP contribution is -2.73. The maximum absolute atomic E-state index is 14.4. The molecule has 2 aliphatic rings. The zero-order valence-electron chi connectivity index (χ0n) is 19.6. The van der Waals surface area contributed by atoms with Crippen molar-refractivity contribution in [2.45, 2.75) is 50.2 Å². The highest BCUT2D eigenvalue weighted by Gasteiger charge is 2.60. The van der Waals surface area contributed by atoms with Gasteiger partial charge in [0.15, 0.2) is 0 Å². The fourth-order valence-corrected chi connectivity index (χ4v) is 5.21. The maximum atomic E-state index is 14.4. The summed E-state index contributed by atoms with van der Waals surface area (Å²) in [5.41, 5.74) is 0.201. The average molecular weight is 468 g/mol. The first-order valence-corrected chi connectivity index (χ1v) is 12.2. The number of hydrogen-bond acceptors (Lipinski definition) is 4. The fourth-order valence-electron chi connectivity index (χ4n) is 5.21. The van der Waals surface area contributed by atoms with Crippen molar-refractivity contribution in [1.29, 1.82) is 0 Å². The van der Waals surface area contributed by atoms with Gasteiger partial charge in [0.25, 0.3) is 11.8 Å². The number of nitrogens with zero attached hydrogens (tertiary/aromatic N) is 2. The second-order valence-corrected chi connectivity index (χ2v) is 9.18. The summed E-state index contributed by atoms with van der Waals surface area (Å²) in [7, 11) is 0. The van der Waals surface area contributed by atoms with Gasteiger partial charge < -0.3 is 0 Å². The van der Waals surface area contributed by atoms with Crippen LogP contribution in [0.4, 0.5) is 10.5 Å². The standard InChI is InChI=1S/C29H29N3O3/c33-26-29(23-15-7-2-8-16-23,30-21-22-13-5-1-6-14-22)27(34)32(25-19-11-4-12-20-25)28(35)31(26)24-17-9-3-10-18-24/h1-3,5-10,13-18,25,30H,4,11-12,19-21H2.